The minimum Gasteiger partial charge on any atom is -0.354 e. The smallest absolute Gasteiger partial charge is 0.134 e. The zero-order chi connectivity index (χ0) is 18.8. The van der Waals surface area contributed by atoms with E-state index in [9.17, 15) is 0 Å². The van der Waals surface area contributed by atoms with Crippen LogP contribution in [0, 0.1) is 6.92 Å². The summed E-state index contributed by atoms with van der Waals surface area (Å²) in [7, 11) is 2.22. The summed E-state index contributed by atoms with van der Waals surface area (Å²) < 4.78 is 0. The fraction of sp³-hybridized carbons (Fsp3) is 0.545. The van der Waals surface area contributed by atoms with Gasteiger partial charge in [0.15, 0.2) is 0 Å². The minimum absolute atomic E-state index is 0.565. The van der Waals surface area contributed by atoms with E-state index < -0.39 is 0 Å². The SMILES string of the molecule is Cc1ccnc(Nc2cc(C3CCN(C)CC3)cc(N3CCCC3C)n2)c1. The summed E-state index contributed by atoms with van der Waals surface area (Å²) in [4.78, 5) is 14.3. The number of hydrogen-bond donors (Lipinski definition) is 1. The molecule has 1 atom stereocenters. The molecule has 0 aromatic carbocycles. The summed E-state index contributed by atoms with van der Waals surface area (Å²) in [6.45, 7) is 7.85. The average molecular weight is 366 g/mol. The number of aromatic nitrogens is 2. The van der Waals surface area contributed by atoms with Crippen molar-refractivity contribution in [2.75, 3.05) is 36.9 Å². The Balaban J connectivity index is 1.65. The quantitative estimate of drug-likeness (QED) is 0.874. The lowest BCUT2D eigenvalue weighted by molar-refractivity contribution is 0.255. The van der Waals surface area contributed by atoms with Gasteiger partial charge in [-0.1, -0.05) is 0 Å². The lowest BCUT2D eigenvalue weighted by atomic mass is 9.90. The summed E-state index contributed by atoms with van der Waals surface area (Å²) in [5, 5.41) is 3.45. The fourth-order valence-electron chi connectivity index (χ4n) is 4.33. The standard InChI is InChI=1S/C22H31N5/c1-16-6-9-23-20(13-16)24-21-14-19(18-7-11-26(3)12-8-18)15-22(25-21)27-10-4-5-17(27)2/h6,9,13-15,17-18H,4-5,7-8,10-12H2,1-3H3,(H,23,24,25). The second-order valence-corrected chi connectivity index (χ2v) is 8.25. The van der Waals surface area contributed by atoms with E-state index in [0.29, 0.717) is 12.0 Å². The molecule has 2 aliphatic heterocycles. The molecule has 27 heavy (non-hydrogen) atoms. The molecule has 0 spiro atoms. The average Bonchev–Trinajstić information content (AvgIpc) is 3.08. The molecule has 0 amide bonds. The van der Waals surface area contributed by atoms with Crippen molar-refractivity contribution in [1.82, 2.24) is 14.9 Å². The molecule has 2 saturated heterocycles. The highest BCUT2D eigenvalue weighted by molar-refractivity contribution is 5.58. The molecule has 0 saturated carbocycles. The Hall–Kier alpha value is -2.14. The minimum atomic E-state index is 0.565. The second kappa shape index (κ2) is 7.85. The Bertz CT molecular complexity index is 782. The summed E-state index contributed by atoms with van der Waals surface area (Å²) in [6, 6.07) is 9.24. The van der Waals surface area contributed by atoms with Crippen LogP contribution in [0.2, 0.25) is 0 Å². The van der Waals surface area contributed by atoms with Crippen LogP contribution in [0.25, 0.3) is 0 Å². The molecule has 5 heteroatoms. The van der Waals surface area contributed by atoms with Crippen LogP contribution in [-0.2, 0) is 0 Å². The van der Waals surface area contributed by atoms with Crippen molar-refractivity contribution in [3.05, 3.63) is 41.6 Å². The van der Waals surface area contributed by atoms with Gasteiger partial charge in [0, 0.05) is 18.8 Å². The van der Waals surface area contributed by atoms with E-state index in [0.717, 1.165) is 24.0 Å². The van der Waals surface area contributed by atoms with E-state index in [1.54, 1.807) is 0 Å². The van der Waals surface area contributed by atoms with Crippen LogP contribution in [0.4, 0.5) is 17.5 Å². The van der Waals surface area contributed by atoms with Crippen LogP contribution >= 0.6 is 0 Å². The highest BCUT2D eigenvalue weighted by Crippen LogP contribution is 2.33. The van der Waals surface area contributed by atoms with Gasteiger partial charge in [-0.15, -0.1) is 0 Å². The number of piperidine rings is 1. The second-order valence-electron chi connectivity index (χ2n) is 8.25. The fourth-order valence-corrected chi connectivity index (χ4v) is 4.33. The van der Waals surface area contributed by atoms with Crippen molar-refractivity contribution in [2.45, 2.75) is 51.5 Å². The van der Waals surface area contributed by atoms with Crippen molar-refractivity contribution in [2.24, 2.45) is 0 Å². The number of nitrogens with one attached hydrogen (secondary N) is 1. The molecule has 2 aromatic heterocycles. The number of pyridine rings is 2. The number of hydrogen-bond acceptors (Lipinski definition) is 5. The number of aryl methyl sites for hydroxylation is 1. The number of nitrogens with zero attached hydrogens (tertiary/aromatic N) is 4. The molecule has 0 bridgehead atoms. The molecular formula is C22H31N5. The van der Waals surface area contributed by atoms with Crippen LogP contribution in [0.15, 0.2) is 30.5 Å². The van der Waals surface area contributed by atoms with Gasteiger partial charge in [0.25, 0.3) is 0 Å². The first-order chi connectivity index (χ1) is 13.1. The topological polar surface area (TPSA) is 44.3 Å². The molecular weight excluding hydrogens is 334 g/mol. The Morgan fingerprint density at radius 1 is 1.04 bits per heavy atom. The highest BCUT2D eigenvalue weighted by Gasteiger charge is 2.25. The third kappa shape index (κ3) is 4.24. The molecule has 2 aliphatic rings. The van der Waals surface area contributed by atoms with Gasteiger partial charge >= 0.3 is 0 Å². The van der Waals surface area contributed by atoms with Gasteiger partial charge in [-0.05, 0) is 101 Å². The van der Waals surface area contributed by atoms with Crippen LogP contribution in [0.1, 0.15) is 49.7 Å². The predicted molar refractivity (Wildman–Crippen MR) is 112 cm³/mol. The van der Waals surface area contributed by atoms with E-state index in [4.69, 9.17) is 4.98 Å². The number of likely N-dealkylation sites (tertiary alicyclic amines) is 1. The summed E-state index contributed by atoms with van der Waals surface area (Å²) >= 11 is 0. The Morgan fingerprint density at radius 2 is 1.85 bits per heavy atom. The molecule has 4 rings (SSSR count). The molecule has 0 aliphatic carbocycles. The van der Waals surface area contributed by atoms with Crippen LogP contribution in [0.3, 0.4) is 0 Å². The molecule has 5 nitrogen and oxygen atoms in total. The predicted octanol–water partition coefficient (Wildman–Crippen LogP) is 4.33. The van der Waals surface area contributed by atoms with Crippen molar-refractivity contribution < 1.29 is 0 Å². The van der Waals surface area contributed by atoms with Gasteiger partial charge in [0.05, 0.1) is 0 Å². The van der Waals surface area contributed by atoms with Crippen molar-refractivity contribution in [1.29, 1.82) is 0 Å². The van der Waals surface area contributed by atoms with Gasteiger partial charge in [0.1, 0.15) is 17.5 Å². The van der Waals surface area contributed by atoms with Crippen molar-refractivity contribution >= 4 is 17.5 Å². The largest absolute Gasteiger partial charge is 0.354 e. The lowest BCUT2D eigenvalue weighted by Gasteiger charge is -2.30. The van der Waals surface area contributed by atoms with E-state index in [-0.39, 0.29) is 0 Å². The lowest BCUT2D eigenvalue weighted by Crippen LogP contribution is -2.30. The van der Waals surface area contributed by atoms with Crippen molar-refractivity contribution in [3.8, 4) is 0 Å². The third-order valence-corrected chi connectivity index (χ3v) is 6.04. The Labute approximate surface area is 162 Å². The summed E-state index contributed by atoms with van der Waals surface area (Å²) in [5.74, 6) is 3.51. The Morgan fingerprint density at radius 3 is 2.56 bits per heavy atom. The van der Waals surface area contributed by atoms with Crippen LogP contribution < -0.4 is 10.2 Å². The zero-order valence-corrected chi connectivity index (χ0v) is 16.8. The zero-order valence-electron chi connectivity index (χ0n) is 16.8. The Kier molecular flexibility index (Phi) is 5.30. The van der Waals surface area contributed by atoms with Gasteiger partial charge < -0.3 is 15.1 Å². The first kappa shape index (κ1) is 18.2. The maximum Gasteiger partial charge on any atom is 0.134 e. The molecule has 1 N–H and O–H groups in total. The molecule has 4 heterocycles. The van der Waals surface area contributed by atoms with E-state index >= 15 is 0 Å². The number of rotatable bonds is 4. The molecule has 0 radical (unpaired) electrons. The monoisotopic (exact) mass is 365 g/mol. The maximum absolute atomic E-state index is 4.96. The molecule has 2 fully saturated rings. The van der Waals surface area contributed by atoms with Crippen LogP contribution in [-0.4, -0.2) is 47.6 Å². The van der Waals surface area contributed by atoms with Gasteiger partial charge in [0.2, 0.25) is 0 Å². The van der Waals surface area contributed by atoms with E-state index in [1.165, 1.54) is 49.9 Å². The van der Waals surface area contributed by atoms with E-state index in [1.807, 2.05) is 12.3 Å². The maximum atomic E-state index is 4.96. The molecule has 2 aromatic rings. The highest BCUT2D eigenvalue weighted by atomic mass is 15.2. The van der Waals surface area contributed by atoms with Crippen LogP contribution in [0.5, 0.6) is 0 Å². The van der Waals surface area contributed by atoms with Gasteiger partial charge in [-0.2, -0.15) is 0 Å². The summed E-state index contributed by atoms with van der Waals surface area (Å²) in [5.41, 5.74) is 2.62. The molecule has 144 valence electrons. The first-order valence-corrected chi connectivity index (χ1v) is 10.3. The molecule has 1 unspecified atom stereocenters. The summed E-state index contributed by atoms with van der Waals surface area (Å²) in [6.07, 6.45) is 6.79. The van der Waals surface area contributed by atoms with Gasteiger partial charge in [-0.3, -0.25) is 0 Å². The van der Waals surface area contributed by atoms with E-state index in [2.05, 4.69) is 59.2 Å². The normalized spacial score (nSPS) is 21.6. The van der Waals surface area contributed by atoms with Gasteiger partial charge in [-0.25, -0.2) is 9.97 Å². The first-order valence-electron chi connectivity index (χ1n) is 10.3. The van der Waals surface area contributed by atoms with Crippen molar-refractivity contribution in [3.63, 3.8) is 0 Å². The third-order valence-electron chi connectivity index (χ3n) is 6.04. The number of anilines is 3.